The Morgan fingerprint density at radius 2 is 2.26 bits per heavy atom. The molecule has 0 aliphatic rings. The summed E-state index contributed by atoms with van der Waals surface area (Å²) in [5, 5.41) is 13.2. The zero-order valence-electron chi connectivity index (χ0n) is 13.1. The van der Waals surface area contributed by atoms with Gasteiger partial charge in [0.25, 0.3) is 0 Å². The van der Waals surface area contributed by atoms with Crippen LogP contribution < -0.4 is 16.8 Å². The number of carbonyl (C=O) groups is 1. The summed E-state index contributed by atoms with van der Waals surface area (Å²) in [6.07, 6.45) is 4.27. The molecular weight excluding hydrogens is 316 g/mol. The molecule has 0 radical (unpaired) electrons. The second-order valence-electron chi connectivity index (χ2n) is 4.75. The number of nitriles is 1. The Kier molecular flexibility index (Phi) is 7.49. The van der Waals surface area contributed by atoms with Crippen LogP contribution in [0.5, 0.6) is 0 Å². The maximum Gasteiger partial charge on any atom is 0.223 e. The normalized spacial score (nSPS) is 11.9. The first kappa shape index (κ1) is 18.4. The Bertz CT molecular complexity index is 630. The van der Waals surface area contributed by atoms with Crippen molar-refractivity contribution in [1.82, 2.24) is 15.2 Å². The summed E-state index contributed by atoms with van der Waals surface area (Å²) in [5.41, 5.74) is 12.1. The minimum Gasteiger partial charge on any atom is -0.369 e. The van der Waals surface area contributed by atoms with Crippen molar-refractivity contribution in [3.8, 4) is 6.19 Å². The Morgan fingerprint density at radius 1 is 1.52 bits per heavy atom. The number of nitrogens with one attached hydrogen (secondary N) is 1. The molecule has 1 aromatic rings. The van der Waals surface area contributed by atoms with Crippen molar-refractivity contribution < 1.29 is 4.79 Å². The number of guanidine groups is 2. The highest BCUT2D eigenvalue weighted by Crippen LogP contribution is 2.19. The number of carbonyl (C=O) groups excluding carboxylic acids is 1. The lowest BCUT2D eigenvalue weighted by Crippen LogP contribution is -2.34. The first-order valence-electron chi connectivity index (χ1n) is 6.92. The molecule has 10 heteroatoms. The van der Waals surface area contributed by atoms with Gasteiger partial charge in [0.1, 0.15) is 0 Å². The van der Waals surface area contributed by atoms with Gasteiger partial charge in [0.05, 0.1) is 5.69 Å². The molecule has 9 nitrogen and oxygen atoms in total. The summed E-state index contributed by atoms with van der Waals surface area (Å²) in [7, 11) is 1.79. The number of aliphatic imine (C=N–C) groups is 2. The van der Waals surface area contributed by atoms with Gasteiger partial charge in [0, 0.05) is 25.9 Å². The fourth-order valence-corrected chi connectivity index (χ4v) is 2.41. The molecule has 124 valence electrons. The maximum atomic E-state index is 10.8. The molecule has 0 aliphatic heterocycles. The van der Waals surface area contributed by atoms with Gasteiger partial charge < -0.3 is 16.4 Å². The summed E-state index contributed by atoms with van der Waals surface area (Å²) >= 11 is 1.37. The van der Waals surface area contributed by atoms with Crippen LogP contribution in [0.2, 0.25) is 0 Å². The van der Waals surface area contributed by atoms with Gasteiger partial charge >= 0.3 is 0 Å². The van der Waals surface area contributed by atoms with Crippen molar-refractivity contribution in [2.24, 2.45) is 21.5 Å². The molecule has 23 heavy (non-hydrogen) atoms. The molecule has 0 atom stereocenters. The molecule has 1 aromatic heterocycles. The van der Waals surface area contributed by atoms with Crippen LogP contribution in [-0.2, 0) is 11.2 Å². The molecular formula is C13H20N8OS. The summed E-state index contributed by atoms with van der Waals surface area (Å²) in [4.78, 5) is 24.4. The van der Waals surface area contributed by atoms with Crippen LogP contribution >= 0.6 is 11.3 Å². The van der Waals surface area contributed by atoms with Gasteiger partial charge in [0.2, 0.25) is 29.2 Å². The Labute approximate surface area is 138 Å². The highest BCUT2D eigenvalue weighted by Gasteiger charge is 2.05. The fourth-order valence-electron chi connectivity index (χ4n) is 1.68. The van der Waals surface area contributed by atoms with Crippen molar-refractivity contribution in [3.05, 3.63) is 11.1 Å². The Balaban J connectivity index is 2.39. The van der Waals surface area contributed by atoms with E-state index < -0.39 is 0 Å². The van der Waals surface area contributed by atoms with E-state index in [-0.39, 0.29) is 17.8 Å². The van der Waals surface area contributed by atoms with Crippen LogP contribution in [0, 0.1) is 11.5 Å². The van der Waals surface area contributed by atoms with Crippen LogP contribution in [0.3, 0.4) is 0 Å². The molecule has 0 unspecified atom stereocenters. The van der Waals surface area contributed by atoms with E-state index in [0.717, 1.165) is 25.0 Å². The average molecular weight is 336 g/mol. The SMILES string of the molecule is CC(=O)NC(N)=Nc1nc(CCCCN(C)C(N)=NC#N)cs1. The number of thiazole rings is 1. The zero-order chi connectivity index (χ0) is 17.2. The molecule has 0 aromatic carbocycles. The van der Waals surface area contributed by atoms with Gasteiger partial charge in [-0.25, -0.2) is 4.98 Å². The van der Waals surface area contributed by atoms with E-state index in [4.69, 9.17) is 16.7 Å². The standard InChI is InChI=1S/C13H20N8OS/c1-9(22)18-11(15)20-13-19-10(7-23-13)5-3-4-6-21(2)12(16)17-8-14/h7H,3-6H2,1-2H3,(H2,16,17)(H3,15,18,19,20,22). The Hall–Kier alpha value is -2.67. The van der Waals surface area contributed by atoms with E-state index in [1.807, 2.05) is 5.38 Å². The van der Waals surface area contributed by atoms with E-state index in [9.17, 15) is 4.79 Å². The highest BCUT2D eigenvalue weighted by atomic mass is 32.1. The lowest BCUT2D eigenvalue weighted by Gasteiger charge is -2.16. The van der Waals surface area contributed by atoms with Crippen LogP contribution in [0.15, 0.2) is 15.4 Å². The number of hydrogen-bond donors (Lipinski definition) is 3. The smallest absolute Gasteiger partial charge is 0.223 e. The molecule has 1 heterocycles. The topological polar surface area (TPSA) is 146 Å². The van der Waals surface area contributed by atoms with Crippen molar-refractivity contribution in [1.29, 1.82) is 5.26 Å². The van der Waals surface area contributed by atoms with Gasteiger partial charge in [-0.1, -0.05) is 0 Å². The second-order valence-corrected chi connectivity index (χ2v) is 5.58. The monoisotopic (exact) mass is 336 g/mol. The van der Waals surface area contributed by atoms with Crippen molar-refractivity contribution >= 4 is 34.3 Å². The number of unbranched alkanes of at least 4 members (excludes halogenated alkanes) is 1. The number of hydrogen-bond acceptors (Lipinski definition) is 6. The molecule has 5 N–H and O–H groups in total. The van der Waals surface area contributed by atoms with Gasteiger partial charge in [0.15, 0.2) is 0 Å². The molecule has 0 fully saturated rings. The van der Waals surface area contributed by atoms with Gasteiger partial charge in [-0.2, -0.15) is 10.3 Å². The van der Waals surface area contributed by atoms with Crippen LogP contribution in [0.4, 0.5) is 5.13 Å². The number of nitrogens with zero attached hydrogens (tertiary/aromatic N) is 5. The predicted molar refractivity (Wildman–Crippen MR) is 90.0 cm³/mol. The zero-order valence-corrected chi connectivity index (χ0v) is 13.9. The predicted octanol–water partition coefficient (Wildman–Crippen LogP) is 0.276. The average Bonchev–Trinajstić information content (AvgIpc) is 2.90. The Morgan fingerprint density at radius 3 is 2.91 bits per heavy atom. The van der Waals surface area contributed by atoms with Crippen LogP contribution in [-0.4, -0.2) is 41.3 Å². The molecule has 1 rings (SSSR count). The number of nitrogens with two attached hydrogens (primary N) is 2. The third-order valence-electron chi connectivity index (χ3n) is 2.79. The first-order valence-corrected chi connectivity index (χ1v) is 7.80. The third kappa shape index (κ3) is 7.23. The highest BCUT2D eigenvalue weighted by molar-refractivity contribution is 7.13. The van der Waals surface area contributed by atoms with E-state index in [1.165, 1.54) is 18.3 Å². The van der Waals surface area contributed by atoms with Crippen LogP contribution in [0.25, 0.3) is 0 Å². The van der Waals surface area contributed by atoms with Crippen LogP contribution in [0.1, 0.15) is 25.5 Å². The van der Waals surface area contributed by atoms with E-state index in [1.54, 1.807) is 18.1 Å². The molecule has 0 spiro atoms. The maximum absolute atomic E-state index is 10.8. The summed E-state index contributed by atoms with van der Waals surface area (Å²) in [5.74, 6) is -0.0233. The summed E-state index contributed by atoms with van der Waals surface area (Å²) in [6, 6.07) is 0. The number of aryl methyl sites for hydroxylation is 1. The number of amides is 1. The molecule has 0 bridgehead atoms. The van der Waals surface area contributed by atoms with Crippen molar-refractivity contribution in [3.63, 3.8) is 0 Å². The second kappa shape index (κ2) is 9.37. The third-order valence-corrected chi connectivity index (χ3v) is 3.58. The van der Waals surface area contributed by atoms with E-state index in [2.05, 4.69) is 20.3 Å². The lowest BCUT2D eigenvalue weighted by molar-refractivity contribution is -0.117. The largest absolute Gasteiger partial charge is 0.369 e. The number of aromatic nitrogens is 1. The summed E-state index contributed by atoms with van der Waals surface area (Å²) < 4.78 is 0. The molecule has 0 saturated carbocycles. The summed E-state index contributed by atoms with van der Waals surface area (Å²) in [6.45, 7) is 2.07. The fraction of sp³-hybridized carbons (Fsp3) is 0.462. The minimum absolute atomic E-state index is 0.0345. The van der Waals surface area contributed by atoms with E-state index in [0.29, 0.717) is 11.7 Å². The minimum atomic E-state index is -0.272. The van der Waals surface area contributed by atoms with Crippen molar-refractivity contribution in [2.75, 3.05) is 13.6 Å². The van der Waals surface area contributed by atoms with Gasteiger partial charge in [-0.05, 0) is 19.3 Å². The molecule has 0 aliphatic carbocycles. The van der Waals surface area contributed by atoms with Crippen molar-refractivity contribution in [2.45, 2.75) is 26.2 Å². The lowest BCUT2D eigenvalue weighted by atomic mass is 10.2. The molecule has 1 amide bonds. The quantitative estimate of drug-likeness (QED) is 0.294. The first-order chi connectivity index (χ1) is 10.9. The van der Waals surface area contributed by atoms with Gasteiger partial charge in [-0.3, -0.25) is 10.1 Å². The molecule has 0 saturated heterocycles. The number of rotatable bonds is 6. The van der Waals surface area contributed by atoms with Gasteiger partial charge in [-0.15, -0.1) is 16.3 Å². The van der Waals surface area contributed by atoms with E-state index >= 15 is 0 Å².